The number of halogens is 2. The second kappa shape index (κ2) is 5.34. The molecule has 0 unspecified atom stereocenters. The van der Waals surface area contributed by atoms with Gasteiger partial charge in [0.05, 0.1) is 4.92 Å². The topological polar surface area (TPSA) is 55.2 Å². The molecule has 0 aromatic heterocycles. The maximum Gasteiger partial charge on any atom is 0.295 e. The number of nitrogens with one attached hydrogen (secondary N) is 1. The zero-order chi connectivity index (χ0) is 14.9. The first-order valence-corrected chi connectivity index (χ1v) is 6.69. The van der Waals surface area contributed by atoms with E-state index in [2.05, 4.69) is 19.2 Å². The highest BCUT2D eigenvalue weighted by Crippen LogP contribution is 2.38. The van der Waals surface area contributed by atoms with Crippen molar-refractivity contribution in [2.24, 2.45) is 5.41 Å². The van der Waals surface area contributed by atoms with Crippen molar-refractivity contribution in [2.45, 2.75) is 45.6 Å². The number of nitro benzene ring substituents is 1. The van der Waals surface area contributed by atoms with E-state index in [1.165, 1.54) is 0 Å². The fraction of sp³-hybridized carbons (Fsp3) is 0.571. The Morgan fingerprint density at radius 3 is 2.45 bits per heavy atom. The zero-order valence-corrected chi connectivity index (χ0v) is 11.6. The third-order valence-electron chi connectivity index (χ3n) is 3.96. The van der Waals surface area contributed by atoms with E-state index in [1.807, 2.05) is 0 Å². The van der Waals surface area contributed by atoms with Gasteiger partial charge in [0, 0.05) is 12.1 Å². The molecule has 1 aromatic rings. The number of benzene rings is 1. The van der Waals surface area contributed by atoms with Gasteiger partial charge in [0.15, 0.2) is 17.3 Å². The van der Waals surface area contributed by atoms with Crippen LogP contribution >= 0.6 is 0 Å². The summed E-state index contributed by atoms with van der Waals surface area (Å²) in [6.45, 7) is 4.32. The number of nitrogens with zero attached hydrogens (tertiary/aromatic N) is 1. The minimum Gasteiger partial charge on any atom is -0.374 e. The smallest absolute Gasteiger partial charge is 0.295 e. The Bertz CT molecular complexity index is 522. The monoisotopic (exact) mass is 284 g/mol. The summed E-state index contributed by atoms with van der Waals surface area (Å²) in [5.74, 6) is -2.25. The van der Waals surface area contributed by atoms with Crippen LogP contribution in [-0.2, 0) is 0 Å². The molecule has 1 aliphatic carbocycles. The lowest BCUT2D eigenvalue weighted by atomic mass is 9.75. The van der Waals surface area contributed by atoms with Crippen LogP contribution in [0.1, 0.15) is 39.5 Å². The Morgan fingerprint density at radius 1 is 1.30 bits per heavy atom. The van der Waals surface area contributed by atoms with Gasteiger partial charge in [0.25, 0.3) is 5.69 Å². The molecular weight excluding hydrogens is 266 g/mol. The lowest BCUT2D eigenvalue weighted by molar-refractivity contribution is -0.384. The number of nitro groups is 1. The van der Waals surface area contributed by atoms with E-state index in [-0.39, 0.29) is 17.1 Å². The molecular formula is C14H18F2N2O2. The summed E-state index contributed by atoms with van der Waals surface area (Å²) in [5.41, 5.74) is -0.515. The largest absolute Gasteiger partial charge is 0.374 e. The van der Waals surface area contributed by atoms with Crippen molar-refractivity contribution in [1.82, 2.24) is 0 Å². The van der Waals surface area contributed by atoms with E-state index >= 15 is 0 Å². The van der Waals surface area contributed by atoms with Crippen LogP contribution in [0.4, 0.5) is 20.2 Å². The summed E-state index contributed by atoms with van der Waals surface area (Å²) in [4.78, 5) is 10.2. The summed E-state index contributed by atoms with van der Waals surface area (Å²) in [5, 5.41) is 13.7. The van der Waals surface area contributed by atoms with Gasteiger partial charge in [-0.1, -0.05) is 13.8 Å². The predicted molar refractivity (Wildman–Crippen MR) is 72.7 cm³/mol. The molecule has 1 aromatic carbocycles. The summed E-state index contributed by atoms with van der Waals surface area (Å²) in [6.07, 6.45) is 3.49. The molecule has 0 radical (unpaired) electrons. The maximum atomic E-state index is 13.8. The fourth-order valence-corrected chi connectivity index (χ4v) is 2.58. The molecule has 1 saturated carbocycles. The first-order chi connectivity index (χ1) is 9.30. The van der Waals surface area contributed by atoms with Crippen molar-refractivity contribution in [3.8, 4) is 0 Å². The van der Waals surface area contributed by atoms with Crippen LogP contribution in [0, 0.1) is 27.2 Å². The molecule has 0 bridgehead atoms. The summed E-state index contributed by atoms with van der Waals surface area (Å²) in [6, 6.07) is 1.72. The van der Waals surface area contributed by atoms with Crippen molar-refractivity contribution in [3.63, 3.8) is 0 Å². The highest BCUT2D eigenvalue weighted by Gasteiger charge is 2.29. The van der Waals surface area contributed by atoms with E-state index in [1.54, 1.807) is 0 Å². The normalized spacial score (nSPS) is 18.8. The molecule has 6 heteroatoms. The summed E-state index contributed by atoms with van der Waals surface area (Å²) < 4.78 is 27.0. The van der Waals surface area contributed by atoms with Gasteiger partial charge < -0.3 is 5.32 Å². The van der Waals surface area contributed by atoms with E-state index < -0.39 is 22.2 Å². The molecule has 20 heavy (non-hydrogen) atoms. The number of hydrogen-bond acceptors (Lipinski definition) is 3. The van der Waals surface area contributed by atoms with Crippen LogP contribution in [0.3, 0.4) is 0 Å². The molecule has 4 nitrogen and oxygen atoms in total. The van der Waals surface area contributed by atoms with E-state index in [4.69, 9.17) is 0 Å². The molecule has 1 N–H and O–H groups in total. The number of anilines is 1. The van der Waals surface area contributed by atoms with Gasteiger partial charge in [-0.2, -0.15) is 0 Å². The van der Waals surface area contributed by atoms with Crippen LogP contribution in [0.25, 0.3) is 0 Å². The van der Waals surface area contributed by atoms with Gasteiger partial charge in [-0.25, -0.2) is 8.78 Å². The quantitative estimate of drug-likeness (QED) is 0.666. The lowest BCUT2D eigenvalue weighted by Gasteiger charge is -2.35. The summed E-state index contributed by atoms with van der Waals surface area (Å²) >= 11 is 0. The van der Waals surface area contributed by atoms with Crippen LogP contribution in [-0.4, -0.2) is 11.0 Å². The minimum absolute atomic E-state index is 0.0574. The number of rotatable bonds is 3. The molecule has 0 spiro atoms. The fourth-order valence-electron chi connectivity index (χ4n) is 2.58. The zero-order valence-electron chi connectivity index (χ0n) is 11.6. The molecule has 0 heterocycles. The Morgan fingerprint density at radius 2 is 1.90 bits per heavy atom. The molecule has 2 rings (SSSR count). The minimum atomic E-state index is -1.18. The first kappa shape index (κ1) is 14.7. The van der Waals surface area contributed by atoms with Crippen molar-refractivity contribution in [1.29, 1.82) is 0 Å². The third kappa shape index (κ3) is 3.05. The van der Waals surface area contributed by atoms with Crippen LogP contribution in [0.2, 0.25) is 0 Å². The Balaban J connectivity index is 2.21. The number of hydrogen-bond donors (Lipinski definition) is 1. The maximum absolute atomic E-state index is 13.8. The van der Waals surface area contributed by atoms with Gasteiger partial charge in [-0.05, 0) is 37.2 Å². The highest BCUT2D eigenvalue weighted by atomic mass is 19.2. The van der Waals surface area contributed by atoms with Gasteiger partial charge in [0.2, 0.25) is 0 Å². The van der Waals surface area contributed by atoms with Crippen LogP contribution < -0.4 is 5.32 Å². The molecule has 0 amide bonds. The Kier molecular flexibility index (Phi) is 3.92. The molecule has 110 valence electrons. The predicted octanol–water partition coefficient (Wildman–Crippen LogP) is 4.25. The second-order valence-electron chi connectivity index (χ2n) is 6.10. The lowest BCUT2D eigenvalue weighted by Crippen LogP contribution is -2.30. The third-order valence-corrected chi connectivity index (χ3v) is 3.96. The van der Waals surface area contributed by atoms with Gasteiger partial charge in [-0.3, -0.25) is 10.1 Å². The van der Waals surface area contributed by atoms with Gasteiger partial charge >= 0.3 is 0 Å². The van der Waals surface area contributed by atoms with Gasteiger partial charge in [0.1, 0.15) is 0 Å². The van der Waals surface area contributed by atoms with Crippen molar-refractivity contribution in [3.05, 3.63) is 33.9 Å². The van der Waals surface area contributed by atoms with Crippen molar-refractivity contribution >= 4 is 11.4 Å². The average Bonchev–Trinajstić information content (AvgIpc) is 2.37. The van der Waals surface area contributed by atoms with Crippen LogP contribution in [0.15, 0.2) is 12.1 Å². The van der Waals surface area contributed by atoms with E-state index in [9.17, 15) is 18.9 Å². The molecule has 1 aliphatic rings. The second-order valence-corrected chi connectivity index (χ2v) is 6.10. The standard InChI is InChI=1S/C14H18F2N2O2/c1-14(2)7-5-9(6-8-14)17-13-11(18(19)20)4-3-10(15)12(13)16/h3-4,9,17H,5-8H2,1-2H3. The summed E-state index contributed by atoms with van der Waals surface area (Å²) in [7, 11) is 0. The molecule has 0 saturated heterocycles. The van der Waals surface area contributed by atoms with E-state index in [0.29, 0.717) is 0 Å². The molecule has 1 fully saturated rings. The molecule has 0 aliphatic heterocycles. The van der Waals surface area contributed by atoms with Crippen molar-refractivity contribution in [2.75, 3.05) is 5.32 Å². The van der Waals surface area contributed by atoms with Crippen molar-refractivity contribution < 1.29 is 13.7 Å². The first-order valence-electron chi connectivity index (χ1n) is 6.69. The van der Waals surface area contributed by atoms with E-state index in [0.717, 1.165) is 37.8 Å². The Hall–Kier alpha value is -1.72. The highest BCUT2D eigenvalue weighted by molar-refractivity contribution is 5.63. The Labute approximate surface area is 116 Å². The van der Waals surface area contributed by atoms with Crippen LogP contribution in [0.5, 0.6) is 0 Å². The average molecular weight is 284 g/mol. The molecule has 0 atom stereocenters. The van der Waals surface area contributed by atoms with Gasteiger partial charge in [-0.15, -0.1) is 0 Å². The SMILES string of the molecule is CC1(C)CCC(Nc2c([N+](=O)[O-])ccc(F)c2F)CC1.